The Bertz CT molecular complexity index is 1320. The Labute approximate surface area is 230 Å². The molecule has 0 saturated carbocycles. The summed E-state index contributed by atoms with van der Waals surface area (Å²) in [6.45, 7) is 4.05. The first-order valence-corrected chi connectivity index (χ1v) is 12.9. The molecular formula is C28H32FN5O6. The molecule has 4 rings (SSSR count). The molecule has 11 nitrogen and oxygen atoms in total. The molecule has 40 heavy (non-hydrogen) atoms. The molecule has 0 radical (unpaired) electrons. The molecule has 2 fully saturated rings. The molecule has 0 bridgehead atoms. The van der Waals surface area contributed by atoms with E-state index in [2.05, 4.69) is 10.6 Å². The van der Waals surface area contributed by atoms with Gasteiger partial charge in [0.1, 0.15) is 11.9 Å². The number of anilines is 2. The molecule has 212 valence electrons. The summed E-state index contributed by atoms with van der Waals surface area (Å²) in [7, 11) is 0. The van der Waals surface area contributed by atoms with Crippen LogP contribution in [0.25, 0.3) is 0 Å². The van der Waals surface area contributed by atoms with Crippen molar-refractivity contribution in [2.24, 2.45) is 5.73 Å². The van der Waals surface area contributed by atoms with E-state index in [1.54, 1.807) is 41.3 Å². The number of cyclic esters (lactones) is 1. The maximum atomic E-state index is 15.2. The van der Waals surface area contributed by atoms with Gasteiger partial charge in [0.15, 0.2) is 5.78 Å². The van der Waals surface area contributed by atoms with Crippen LogP contribution >= 0.6 is 0 Å². The average molecular weight is 554 g/mol. The van der Waals surface area contributed by atoms with Crippen molar-refractivity contribution in [3.63, 3.8) is 0 Å². The molecule has 0 aliphatic carbocycles. The largest absolute Gasteiger partial charge is 0.442 e. The van der Waals surface area contributed by atoms with Crippen molar-refractivity contribution >= 4 is 41.0 Å². The smallest absolute Gasteiger partial charge is 0.414 e. The second-order valence-corrected chi connectivity index (χ2v) is 10.3. The SMILES string of the molecule is CC(=O)NCC1CN(c2ccc(C3(C)CN(C(=O)CCC(=O)c4ccc(NC(=O)CN)cc4)C3)c(F)c2)C(=O)O1. The second kappa shape index (κ2) is 11.8. The number of carbonyl (C=O) groups excluding carboxylic acids is 5. The lowest BCUT2D eigenvalue weighted by Crippen LogP contribution is -2.59. The van der Waals surface area contributed by atoms with Gasteiger partial charge in [-0.05, 0) is 42.0 Å². The van der Waals surface area contributed by atoms with E-state index in [1.165, 1.54) is 17.9 Å². The summed E-state index contributed by atoms with van der Waals surface area (Å²) in [6, 6.07) is 10.9. The summed E-state index contributed by atoms with van der Waals surface area (Å²) in [4.78, 5) is 62.9. The molecule has 12 heteroatoms. The lowest BCUT2D eigenvalue weighted by Gasteiger charge is -2.48. The van der Waals surface area contributed by atoms with Crippen molar-refractivity contribution in [3.05, 3.63) is 59.4 Å². The maximum absolute atomic E-state index is 15.2. The molecule has 0 spiro atoms. The predicted molar refractivity (Wildman–Crippen MR) is 144 cm³/mol. The van der Waals surface area contributed by atoms with Crippen LogP contribution in [0.1, 0.15) is 42.6 Å². The number of likely N-dealkylation sites (tertiary alicyclic amines) is 1. The van der Waals surface area contributed by atoms with Crippen LogP contribution in [0.3, 0.4) is 0 Å². The highest BCUT2D eigenvalue weighted by Crippen LogP contribution is 2.37. The van der Waals surface area contributed by atoms with E-state index in [-0.39, 0.29) is 56.0 Å². The van der Waals surface area contributed by atoms with Gasteiger partial charge in [-0.2, -0.15) is 0 Å². The number of nitrogens with two attached hydrogens (primary N) is 1. The lowest BCUT2D eigenvalue weighted by atomic mass is 9.75. The number of carbonyl (C=O) groups is 5. The molecule has 4 amide bonds. The number of ether oxygens (including phenoxy) is 1. The first kappa shape index (κ1) is 28.7. The number of nitrogens with one attached hydrogen (secondary N) is 2. The summed E-state index contributed by atoms with van der Waals surface area (Å²) in [6.07, 6.45) is -1.09. The first-order valence-electron chi connectivity index (χ1n) is 12.9. The minimum Gasteiger partial charge on any atom is -0.442 e. The van der Waals surface area contributed by atoms with Gasteiger partial charge in [-0.15, -0.1) is 0 Å². The van der Waals surface area contributed by atoms with Crippen LogP contribution in [0, 0.1) is 5.82 Å². The molecule has 2 aromatic rings. The third-order valence-corrected chi connectivity index (χ3v) is 7.04. The standard InChI is InChI=1S/C28H32FN5O6/c1-17(35)31-13-21-14-34(27(39)40-21)20-7-8-22(23(29)11-20)28(2)15-33(16-28)26(38)10-9-24(36)18-3-5-19(6-4-18)32-25(37)12-30/h3-8,11,21H,9-10,12-16,30H2,1-2H3,(H,31,35)(H,32,37). The van der Waals surface area contributed by atoms with Crippen LogP contribution in [-0.2, 0) is 24.5 Å². The number of amides is 4. The minimum absolute atomic E-state index is 0.0263. The fraction of sp³-hybridized carbons (Fsp3) is 0.393. The van der Waals surface area contributed by atoms with E-state index in [9.17, 15) is 24.0 Å². The number of hydrogen-bond donors (Lipinski definition) is 3. The van der Waals surface area contributed by atoms with Gasteiger partial charge in [-0.3, -0.25) is 24.1 Å². The number of nitrogens with zero attached hydrogens (tertiary/aromatic N) is 2. The Hall–Kier alpha value is -4.32. The van der Waals surface area contributed by atoms with Crippen LogP contribution in [0.4, 0.5) is 20.6 Å². The van der Waals surface area contributed by atoms with Crippen LogP contribution in [0.5, 0.6) is 0 Å². The highest BCUT2D eigenvalue weighted by molar-refractivity contribution is 5.99. The van der Waals surface area contributed by atoms with Gasteiger partial charge in [-0.25, -0.2) is 9.18 Å². The molecule has 0 aromatic heterocycles. The van der Waals surface area contributed by atoms with Gasteiger partial charge in [0.2, 0.25) is 17.7 Å². The number of ketones is 1. The van der Waals surface area contributed by atoms with Crippen LogP contribution < -0.4 is 21.3 Å². The summed E-state index contributed by atoms with van der Waals surface area (Å²) in [5.74, 6) is -1.47. The molecule has 2 aliphatic rings. The zero-order valence-corrected chi connectivity index (χ0v) is 22.4. The zero-order valence-electron chi connectivity index (χ0n) is 22.4. The van der Waals surface area contributed by atoms with E-state index < -0.39 is 23.4 Å². The average Bonchev–Trinajstić information content (AvgIpc) is 3.29. The third-order valence-electron chi connectivity index (χ3n) is 7.04. The fourth-order valence-corrected chi connectivity index (χ4v) is 4.87. The number of hydrogen-bond acceptors (Lipinski definition) is 7. The minimum atomic E-state index is -0.613. The molecule has 2 aromatic carbocycles. The molecule has 2 heterocycles. The molecular weight excluding hydrogens is 521 g/mol. The van der Waals surface area contributed by atoms with Crippen LogP contribution in [-0.4, -0.2) is 73.3 Å². The number of benzene rings is 2. The summed E-state index contributed by atoms with van der Waals surface area (Å²) >= 11 is 0. The van der Waals surface area contributed by atoms with E-state index in [0.29, 0.717) is 35.6 Å². The topological polar surface area (TPSA) is 151 Å². The molecule has 4 N–H and O–H groups in total. The van der Waals surface area contributed by atoms with Gasteiger partial charge in [0.05, 0.1) is 25.3 Å². The Morgan fingerprint density at radius 3 is 2.42 bits per heavy atom. The monoisotopic (exact) mass is 553 g/mol. The predicted octanol–water partition coefficient (Wildman–Crippen LogP) is 1.95. The summed E-state index contributed by atoms with van der Waals surface area (Å²) in [5.41, 5.74) is 6.39. The van der Waals surface area contributed by atoms with Crippen molar-refractivity contribution in [2.45, 2.75) is 38.2 Å². The molecule has 1 atom stereocenters. The molecule has 2 saturated heterocycles. The van der Waals surface area contributed by atoms with Gasteiger partial charge in [-0.1, -0.05) is 13.0 Å². The van der Waals surface area contributed by atoms with Crippen LogP contribution in [0.15, 0.2) is 42.5 Å². The van der Waals surface area contributed by atoms with Crippen molar-refractivity contribution in [3.8, 4) is 0 Å². The number of halogens is 1. The quantitative estimate of drug-likeness (QED) is 0.381. The Balaban J connectivity index is 1.28. The molecule has 2 aliphatic heterocycles. The normalized spacial score (nSPS) is 17.6. The van der Waals surface area contributed by atoms with Gasteiger partial charge >= 0.3 is 6.09 Å². The van der Waals surface area contributed by atoms with Gasteiger partial charge in [0.25, 0.3) is 0 Å². The van der Waals surface area contributed by atoms with E-state index in [4.69, 9.17) is 10.5 Å². The lowest BCUT2D eigenvalue weighted by molar-refractivity contribution is -0.138. The second-order valence-electron chi connectivity index (χ2n) is 10.3. The maximum Gasteiger partial charge on any atom is 0.414 e. The van der Waals surface area contributed by atoms with E-state index >= 15 is 4.39 Å². The molecule has 1 unspecified atom stereocenters. The van der Waals surface area contributed by atoms with E-state index in [1.807, 2.05) is 6.92 Å². The number of rotatable bonds is 10. The highest BCUT2D eigenvalue weighted by atomic mass is 19.1. The Kier molecular flexibility index (Phi) is 8.48. The zero-order chi connectivity index (χ0) is 29.0. The van der Waals surface area contributed by atoms with Crippen molar-refractivity contribution in [2.75, 3.05) is 42.9 Å². The first-order chi connectivity index (χ1) is 19.0. The van der Waals surface area contributed by atoms with Crippen LogP contribution in [0.2, 0.25) is 0 Å². The van der Waals surface area contributed by atoms with Crippen molar-refractivity contribution in [1.82, 2.24) is 10.2 Å². The highest BCUT2D eigenvalue weighted by Gasteiger charge is 2.44. The third kappa shape index (κ3) is 6.45. The van der Waals surface area contributed by atoms with Crippen molar-refractivity contribution < 1.29 is 33.1 Å². The van der Waals surface area contributed by atoms with E-state index in [0.717, 1.165) is 0 Å². The summed E-state index contributed by atoms with van der Waals surface area (Å²) < 4.78 is 20.4. The number of Topliss-reactive ketones (excluding diaryl/α,β-unsaturated/α-hetero) is 1. The Morgan fingerprint density at radius 2 is 1.80 bits per heavy atom. The van der Waals surface area contributed by atoms with Gasteiger partial charge < -0.3 is 26.0 Å². The van der Waals surface area contributed by atoms with Gasteiger partial charge in [0, 0.05) is 49.5 Å². The fourth-order valence-electron chi connectivity index (χ4n) is 4.87. The van der Waals surface area contributed by atoms with Crippen molar-refractivity contribution in [1.29, 1.82) is 0 Å². The summed E-state index contributed by atoms with van der Waals surface area (Å²) in [5, 5.41) is 5.19. The Morgan fingerprint density at radius 1 is 1.10 bits per heavy atom.